The summed E-state index contributed by atoms with van der Waals surface area (Å²) in [7, 11) is 0. The molecule has 8 heteroatoms. The van der Waals surface area contributed by atoms with Gasteiger partial charge in [0, 0.05) is 26.1 Å². The first kappa shape index (κ1) is 20.5. The van der Waals surface area contributed by atoms with Crippen LogP contribution in [0.15, 0.2) is 23.0 Å². The van der Waals surface area contributed by atoms with Gasteiger partial charge in [-0.05, 0) is 43.9 Å². The first-order chi connectivity index (χ1) is 14.6. The Labute approximate surface area is 174 Å². The van der Waals surface area contributed by atoms with Crippen molar-refractivity contribution in [3.63, 3.8) is 0 Å². The normalized spacial score (nSPS) is 19.0. The van der Waals surface area contributed by atoms with Crippen molar-refractivity contribution in [1.29, 1.82) is 0 Å². The fourth-order valence-electron chi connectivity index (χ4n) is 4.02. The van der Waals surface area contributed by atoms with Crippen molar-refractivity contribution in [2.24, 2.45) is 0 Å². The molecule has 1 fully saturated rings. The Bertz CT molecular complexity index is 994. The number of hydrogen-bond donors (Lipinski definition) is 1. The van der Waals surface area contributed by atoms with Crippen LogP contribution in [0, 0.1) is 0 Å². The van der Waals surface area contributed by atoms with Crippen LogP contribution in [0.2, 0.25) is 0 Å². The van der Waals surface area contributed by atoms with E-state index in [1.165, 1.54) is 0 Å². The van der Waals surface area contributed by atoms with E-state index < -0.39 is 5.97 Å². The number of esters is 1. The van der Waals surface area contributed by atoms with Crippen LogP contribution in [0.5, 0.6) is 0 Å². The van der Waals surface area contributed by atoms with E-state index in [4.69, 9.17) is 9.47 Å². The molecule has 0 spiro atoms. The number of ether oxygens (including phenoxy) is 2. The van der Waals surface area contributed by atoms with Gasteiger partial charge in [-0.15, -0.1) is 0 Å². The second-order valence-electron chi connectivity index (χ2n) is 7.90. The maximum absolute atomic E-state index is 12.9. The summed E-state index contributed by atoms with van der Waals surface area (Å²) in [6.07, 6.45) is 6.94. The highest BCUT2D eigenvalue weighted by molar-refractivity contribution is 5.95. The molecule has 30 heavy (non-hydrogen) atoms. The van der Waals surface area contributed by atoms with Crippen molar-refractivity contribution >= 4 is 22.8 Å². The summed E-state index contributed by atoms with van der Waals surface area (Å²) in [5.41, 5.74) is 0.701. The maximum Gasteiger partial charge on any atom is 0.338 e. The van der Waals surface area contributed by atoms with Crippen LogP contribution in [0.25, 0.3) is 10.9 Å². The summed E-state index contributed by atoms with van der Waals surface area (Å²) in [6, 6.07) is 4.74. The second kappa shape index (κ2) is 9.38. The Morgan fingerprint density at radius 1 is 1.20 bits per heavy atom. The van der Waals surface area contributed by atoms with Gasteiger partial charge < -0.3 is 14.8 Å². The molecule has 2 aliphatic heterocycles. The zero-order chi connectivity index (χ0) is 20.9. The predicted molar refractivity (Wildman–Crippen MR) is 110 cm³/mol. The molecule has 2 aromatic rings. The third-order valence-corrected chi connectivity index (χ3v) is 5.69. The van der Waals surface area contributed by atoms with Gasteiger partial charge >= 0.3 is 5.97 Å². The van der Waals surface area contributed by atoms with Gasteiger partial charge in [0.1, 0.15) is 5.82 Å². The fourth-order valence-corrected chi connectivity index (χ4v) is 4.02. The third kappa shape index (κ3) is 4.70. The highest BCUT2D eigenvalue weighted by atomic mass is 16.5. The van der Waals surface area contributed by atoms with Crippen molar-refractivity contribution in [2.45, 2.75) is 57.6 Å². The molecule has 1 N–H and O–H groups in total. The number of nitrogens with one attached hydrogen (secondary N) is 1. The quantitative estimate of drug-likeness (QED) is 0.753. The molecule has 1 saturated heterocycles. The first-order valence-corrected chi connectivity index (χ1v) is 10.7. The average molecular weight is 413 g/mol. The van der Waals surface area contributed by atoms with E-state index in [0.29, 0.717) is 24.0 Å². The van der Waals surface area contributed by atoms with Gasteiger partial charge in [0.05, 0.1) is 22.6 Å². The highest BCUT2D eigenvalue weighted by Crippen LogP contribution is 2.17. The maximum atomic E-state index is 12.9. The van der Waals surface area contributed by atoms with Crippen LogP contribution >= 0.6 is 0 Å². The fraction of sp³-hybridized carbons (Fsp3) is 0.545. The molecule has 0 aliphatic carbocycles. The Kier molecular flexibility index (Phi) is 6.42. The van der Waals surface area contributed by atoms with Crippen LogP contribution in [0.3, 0.4) is 0 Å². The van der Waals surface area contributed by atoms with Crippen LogP contribution in [0.4, 0.5) is 0 Å². The topological polar surface area (TPSA) is 99.5 Å². The number of aromatic nitrogens is 2. The number of fused-ring (bicyclic) bond motifs is 2. The molecule has 2 aliphatic rings. The van der Waals surface area contributed by atoms with Gasteiger partial charge in [-0.2, -0.15) is 0 Å². The molecule has 160 valence electrons. The van der Waals surface area contributed by atoms with Crippen LogP contribution < -0.4 is 10.9 Å². The Balaban J connectivity index is 1.43. The average Bonchev–Trinajstić information content (AvgIpc) is 3.25. The number of amides is 1. The molecule has 0 unspecified atom stereocenters. The zero-order valence-electron chi connectivity index (χ0n) is 17.0. The lowest BCUT2D eigenvalue weighted by molar-refractivity contribution is -0.124. The monoisotopic (exact) mass is 413 g/mol. The minimum atomic E-state index is -0.613. The standard InChI is InChI=1S/C22H27N3O5/c26-20(23-13-16-6-5-11-29-16)14-30-22(28)15-8-9-17-18(12-15)24-19-7-3-1-2-4-10-25(19)21(17)27/h8-9,12,16H,1-7,10-11,13-14H2,(H,23,26)/t16-/m0/s1. The third-order valence-electron chi connectivity index (χ3n) is 5.69. The van der Waals surface area contributed by atoms with Crippen molar-refractivity contribution in [3.8, 4) is 0 Å². The smallest absolute Gasteiger partial charge is 0.338 e. The number of rotatable bonds is 5. The molecular formula is C22H27N3O5. The molecule has 1 amide bonds. The largest absolute Gasteiger partial charge is 0.452 e. The van der Waals surface area contributed by atoms with Gasteiger partial charge in [0.15, 0.2) is 6.61 Å². The number of carbonyl (C=O) groups excluding carboxylic acids is 2. The molecule has 4 rings (SSSR count). The SMILES string of the molecule is O=C(COC(=O)c1ccc2c(=O)n3c(nc2c1)CCCCCC3)NC[C@@H]1CCCO1. The van der Waals surface area contributed by atoms with Crippen molar-refractivity contribution in [1.82, 2.24) is 14.9 Å². The van der Waals surface area contributed by atoms with E-state index in [0.717, 1.165) is 57.4 Å². The van der Waals surface area contributed by atoms with Gasteiger partial charge in [0.25, 0.3) is 11.5 Å². The number of hydrogen-bond acceptors (Lipinski definition) is 6. The second-order valence-corrected chi connectivity index (χ2v) is 7.90. The lowest BCUT2D eigenvalue weighted by Gasteiger charge is -2.16. The van der Waals surface area contributed by atoms with E-state index in [-0.39, 0.29) is 29.7 Å². The molecule has 1 atom stereocenters. The summed E-state index contributed by atoms with van der Waals surface area (Å²) >= 11 is 0. The molecule has 0 saturated carbocycles. The van der Waals surface area contributed by atoms with E-state index in [1.54, 1.807) is 22.8 Å². The summed E-state index contributed by atoms with van der Waals surface area (Å²) in [5, 5.41) is 3.21. The molecule has 0 bridgehead atoms. The van der Waals surface area contributed by atoms with Gasteiger partial charge in [-0.25, -0.2) is 9.78 Å². The summed E-state index contributed by atoms with van der Waals surface area (Å²) < 4.78 is 12.3. The minimum Gasteiger partial charge on any atom is -0.452 e. The van der Waals surface area contributed by atoms with Gasteiger partial charge in [-0.3, -0.25) is 14.2 Å². The lowest BCUT2D eigenvalue weighted by Crippen LogP contribution is -2.34. The van der Waals surface area contributed by atoms with Crippen molar-refractivity contribution < 1.29 is 19.1 Å². The van der Waals surface area contributed by atoms with E-state index in [1.807, 2.05) is 0 Å². The van der Waals surface area contributed by atoms with E-state index in [2.05, 4.69) is 10.3 Å². The predicted octanol–water partition coefficient (Wildman–Crippen LogP) is 1.96. The summed E-state index contributed by atoms with van der Waals surface area (Å²) in [4.78, 5) is 41.8. The van der Waals surface area contributed by atoms with Gasteiger partial charge in [-0.1, -0.05) is 12.8 Å². The molecule has 3 heterocycles. The van der Waals surface area contributed by atoms with Crippen molar-refractivity contribution in [3.05, 3.63) is 39.9 Å². The van der Waals surface area contributed by atoms with E-state index >= 15 is 0 Å². The molecule has 1 aromatic carbocycles. The Hall–Kier alpha value is -2.74. The summed E-state index contributed by atoms with van der Waals surface area (Å²) in [6.45, 7) is 1.47. The first-order valence-electron chi connectivity index (χ1n) is 10.7. The number of benzene rings is 1. The van der Waals surface area contributed by atoms with Crippen LogP contribution in [-0.2, 0) is 27.2 Å². The minimum absolute atomic E-state index is 0.0368. The molecule has 1 aromatic heterocycles. The Morgan fingerprint density at radius 2 is 2.07 bits per heavy atom. The number of nitrogens with zero attached hydrogens (tertiary/aromatic N) is 2. The summed E-state index contributed by atoms with van der Waals surface area (Å²) in [5.74, 6) is -0.207. The number of carbonyl (C=O) groups is 2. The molecular weight excluding hydrogens is 386 g/mol. The number of aryl methyl sites for hydroxylation is 1. The Morgan fingerprint density at radius 3 is 2.90 bits per heavy atom. The van der Waals surface area contributed by atoms with Crippen LogP contribution in [0.1, 0.15) is 54.7 Å². The zero-order valence-corrected chi connectivity index (χ0v) is 17.0. The van der Waals surface area contributed by atoms with Crippen LogP contribution in [-0.4, -0.2) is 47.3 Å². The molecule has 8 nitrogen and oxygen atoms in total. The van der Waals surface area contributed by atoms with Crippen molar-refractivity contribution in [2.75, 3.05) is 19.8 Å². The molecule has 0 radical (unpaired) electrons. The van der Waals surface area contributed by atoms with E-state index in [9.17, 15) is 14.4 Å². The highest BCUT2D eigenvalue weighted by Gasteiger charge is 2.18. The van der Waals surface area contributed by atoms with Gasteiger partial charge in [0.2, 0.25) is 0 Å². The lowest BCUT2D eigenvalue weighted by atomic mass is 10.1.